The van der Waals surface area contributed by atoms with E-state index in [9.17, 15) is 14.4 Å². The Hall–Kier alpha value is -2.63. The Morgan fingerprint density at radius 2 is 1.87 bits per heavy atom. The number of hydrogen-bond acceptors (Lipinski definition) is 6. The van der Waals surface area contributed by atoms with Crippen molar-refractivity contribution in [3.63, 3.8) is 0 Å². The summed E-state index contributed by atoms with van der Waals surface area (Å²) in [7, 11) is 2.45. The number of ketones is 1. The fourth-order valence-corrected chi connectivity index (χ4v) is 2.53. The molecule has 0 saturated heterocycles. The molecule has 0 aliphatic heterocycles. The molecule has 122 valence electrons. The standard InChI is InChI=1S/C17H19NO5/c1-22-16(20)10-14(17(21)23-2)18-13-8-5-7-12-11(13)6-3-4-9-15(12)19/h5,7-8,10,18H,3-4,6,9H2,1-2H3/b14-10+. The number of ether oxygens (including phenoxy) is 2. The number of anilines is 1. The van der Waals surface area contributed by atoms with Gasteiger partial charge in [0.05, 0.1) is 20.3 Å². The number of carbonyl (C=O) groups is 3. The van der Waals surface area contributed by atoms with E-state index in [0.29, 0.717) is 17.7 Å². The summed E-state index contributed by atoms with van der Waals surface area (Å²) in [6.07, 6.45) is 4.03. The summed E-state index contributed by atoms with van der Waals surface area (Å²) < 4.78 is 9.22. The summed E-state index contributed by atoms with van der Waals surface area (Å²) in [6, 6.07) is 5.30. The Morgan fingerprint density at radius 1 is 1.13 bits per heavy atom. The lowest BCUT2D eigenvalue weighted by Gasteiger charge is -2.15. The smallest absolute Gasteiger partial charge is 0.354 e. The number of rotatable bonds is 4. The summed E-state index contributed by atoms with van der Waals surface area (Å²) in [4.78, 5) is 35.4. The van der Waals surface area contributed by atoms with E-state index in [2.05, 4.69) is 14.8 Å². The molecule has 0 atom stereocenters. The van der Waals surface area contributed by atoms with Crippen molar-refractivity contribution in [1.29, 1.82) is 0 Å². The normalized spacial score (nSPS) is 14.5. The molecule has 1 aliphatic rings. The van der Waals surface area contributed by atoms with Crippen LogP contribution >= 0.6 is 0 Å². The van der Waals surface area contributed by atoms with E-state index in [1.807, 2.05) is 0 Å². The van der Waals surface area contributed by atoms with E-state index in [0.717, 1.165) is 30.9 Å². The lowest BCUT2D eigenvalue weighted by molar-refractivity contribution is -0.138. The van der Waals surface area contributed by atoms with E-state index in [1.54, 1.807) is 18.2 Å². The molecule has 0 fully saturated rings. The second-order valence-electron chi connectivity index (χ2n) is 5.16. The highest BCUT2D eigenvalue weighted by atomic mass is 16.5. The van der Waals surface area contributed by atoms with E-state index in [1.165, 1.54) is 14.2 Å². The predicted molar refractivity (Wildman–Crippen MR) is 84.1 cm³/mol. The van der Waals surface area contributed by atoms with Gasteiger partial charge in [-0.15, -0.1) is 0 Å². The molecule has 1 aliphatic carbocycles. The number of methoxy groups -OCH3 is 2. The molecule has 0 saturated carbocycles. The molecule has 0 heterocycles. The van der Waals surface area contributed by atoms with Crippen molar-refractivity contribution in [1.82, 2.24) is 0 Å². The monoisotopic (exact) mass is 317 g/mol. The van der Waals surface area contributed by atoms with Gasteiger partial charge in [0.1, 0.15) is 5.70 Å². The maximum absolute atomic E-state index is 12.1. The molecule has 1 aromatic rings. The van der Waals surface area contributed by atoms with Gasteiger partial charge in [-0.25, -0.2) is 9.59 Å². The van der Waals surface area contributed by atoms with E-state index in [-0.39, 0.29) is 11.5 Å². The average Bonchev–Trinajstić information content (AvgIpc) is 2.76. The first-order valence-corrected chi connectivity index (χ1v) is 7.37. The van der Waals surface area contributed by atoms with Crippen LogP contribution in [-0.4, -0.2) is 31.9 Å². The van der Waals surface area contributed by atoms with Crippen LogP contribution in [0.1, 0.15) is 35.2 Å². The van der Waals surface area contributed by atoms with Gasteiger partial charge in [0.2, 0.25) is 0 Å². The maximum atomic E-state index is 12.1. The summed E-state index contributed by atoms with van der Waals surface area (Å²) in [6.45, 7) is 0. The minimum absolute atomic E-state index is 0.0376. The van der Waals surface area contributed by atoms with Crippen LogP contribution in [0.3, 0.4) is 0 Å². The molecule has 6 nitrogen and oxygen atoms in total. The lowest BCUT2D eigenvalue weighted by Crippen LogP contribution is -2.17. The molecule has 6 heteroatoms. The first-order chi connectivity index (χ1) is 11.1. The molecule has 0 amide bonds. The molecule has 1 N–H and O–H groups in total. The zero-order valence-corrected chi connectivity index (χ0v) is 13.2. The minimum Gasteiger partial charge on any atom is -0.466 e. The number of nitrogens with one attached hydrogen (secondary N) is 1. The van der Waals surface area contributed by atoms with Crippen molar-refractivity contribution in [3.8, 4) is 0 Å². The van der Waals surface area contributed by atoms with Gasteiger partial charge in [-0.2, -0.15) is 0 Å². The van der Waals surface area contributed by atoms with Crippen LogP contribution in [-0.2, 0) is 25.5 Å². The molecule has 23 heavy (non-hydrogen) atoms. The lowest BCUT2D eigenvalue weighted by atomic mass is 10.00. The summed E-state index contributed by atoms with van der Waals surface area (Å²) in [5, 5.41) is 2.90. The second kappa shape index (κ2) is 7.58. The van der Waals surface area contributed by atoms with Gasteiger partial charge in [0.15, 0.2) is 5.78 Å². The van der Waals surface area contributed by atoms with Crippen LogP contribution in [0.15, 0.2) is 30.0 Å². The Bertz CT molecular complexity index is 663. The van der Waals surface area contributed by atoms with Crippen molar-refractivity contribution in [2.45, 2.75) is 25.7 Å². The van der Waals surface area contributed by atoms with Crippen molar-refractivity contribution < 1.29 is 23.9 Å². The van der Waals surface area contributed by atoms with Gasteiger partial charge in [-0.05, 0) is 30.9 Å². The van der Waals surface area contributed by atoms with Gasteiger partial charge in [0.25, 0.3) is 0 Å². The number of esters is 2. The molecule has 0 aromatic heterocycles. The first kappa shape index (κ1) is 16.7. The Morgan fingerprint density at radius 3 is 2.57 bits per heavy atom. The molecule has 0 unspecified atom stereocenters. The third-order valence-electron chi connectivity index (χ3n) is 3.70. The Balaban J connectivity index is 2.39. The summed E-state index contributed by atoms with van der Waals surface area (Å²) >= 11 is 0. The highest BCUT2D eigenvalue weighted by molar-refractivity contribution is 6.01. The maximum Gasteiger partial charge on any atom is 0.354 e. The second-order valence-corrected chi connectivity index (χ2v) is 5.16. The fraction of sp³-hybridized carbons (Fsp3) is 0.353. The minimum atomic E-state index is -0.687. The number of hydrogen-bond donors (Lipinski definition) is 1. The van der Waals surface area contributed by atoms with Crippen molar-refractivity contribution >= 4 is 23.4 Å². The van der Waals surface area contributed by atoms with E-state index >= 15 is 0 Å². The molecular weight excluding hydrogens is 298 g/mol. The van der Waals surface area contributed by atoms with Gasteiger partial charge in [0, 0.05) is 17.7 Å². The van der Waals surface area contributed by atoms with Crippen LogP contribution in [0.4, 0.5) is 5.69 Å². The zero-order valence-electron chi connectivity index (χ0n) is 13.2. The molecule has 0 spiro atoms. The Kier molecular flexibility index (Phi) is 5.51. The first-order valence-electron chi connectivity index (χ1n) is 7.37. The number of carbonyl (C=O) groups excluding carboxylic acids is 3. The van der Waals surface area contributed by atoms with E-state index in [4.69, 9.17) is 0 Å². The van der Waals surface area contributed by atoms with Gasteiger partial charge >= 0.3 is 11.9 Å². The summed E-state index contributed by atoms with van der Waals surface area (Å²) in [5.41, 5.74) is 2.10. The van der Waals surface area contributed by atoms with Crippen LogP contribution in [0.5, 0.6) is 0 Å². The number of benzene rings is 1. The SMILES string of the molecule is COC(=O)/C=C(/Nc1cccc2c1CCCCC2=O)C(=O)OC. The fourth-order valence-electron chi connectivity index (χ4n) is 2.53. The third kappa shape index (κ3) is 3.97. The van der Waals surface area contributed by atoms with Crippen molar-refractivity contribution in [2.24, 2.45) is 0 Å². The average molecular weight is 317 g/mol. The number of fused-ring (bicyclic) bond motifs is 1. The van der Waals surface area contributed by atoms with Crippen LogP contribution in [0.25, 0.3) is 0 Å². The highest BCUT2D eigenvalue weighted by Crippen LogP contribution is 2.28. The Labute approximate surface area is 134 Å². The zero-order chi connectivity index (χ0) is 16.8. The van der Waals surface area contributed by atoms with Crippen molar-refractivity contribution in [3.05, 3.63) is 41.1 Å². The highest BCUT2D eigenvalue weighted by Gasteiger charge is 2.20. The quantitative estimate of drug-likeness (QED) is 0.521. The molecule has 0 bridgehead atoms. The molecule has 0 radical (unpaired) electrons. The van der Waals surface area contributed by atoms with Crippen LogP contribution < -0.4 is 5.32 Å². The molecular formula is C17H19NO5. The molecule has 1 aromatic carbocycles. The van der Waals surface area contributed by atoms with Crippen molar-refractivity contribution in [2.75, 3.05) is 19.5 Å². The number of Topliss-reactive ketones (excluding diaryl/α,β-unsaturated/α-hetero) is 1. The van der Waals surface area contributed by atoms with Gasteiger partial charge < -0.3 is 14.8 Å². The van der Waals surface area contributed by atoms with Gasteiger partial charge in [-0.3, -0.25) is 4.79 Å². The van der Waals surface area contributed by atoms with Crippen LogP contribution in [0, 0.1) is 0 Å². The molecule has 2 rings (SSSR count). The van der Waals surface area contributed by atoms with E-state index < -0.39 is 11.9 Å². The third-order valence-corrected chi connectivity index (χ3v) is 3.70. The summed E-state index contributed by atoms with van der Waals surface area (Å²) in [5.74, 6) is -1.26. The van der Waals surface area contributed by atoms with Gasteiger partial charge in [-0.1, -0.05) is 12.1 Å². The predicted octanol–water partition coefficient (Wildman–Crippen LogP) is 2.24. The largest absolute Gasteiger partial charge is 0.466 e. The topological polar surface area (TPSA) is 81.7 Å². The van der Waals surface area contributed by atoms with Crippen LogP contribution in [0.2, 0.25) is 0 Å².